The molecule has 2 rings (SSSR count). The zero-order chi connectivity index (χ0) is 14.2. The van der Waals surface area contributed by atoms with Gasteiger partial charge in [0.15, 0.2) is 5.75 Å². The molecule has 0 saturated heterocycles. The Kier molecular flexibility index (Phi) is 3.92. The molecule has 0 fully saturated rings. The van der Waals surface area contributed by atoms with Crippen LogP contribution in [0.2, 0.25) is 0 Å². The van der Waals surface area contributed by atoms with E-state index < -0.39 is 11.4 Å². The number of fused-ring (bicyclic) bond motifs is 1. The molecule has 2 aliphatic carbocycles. The van der Waals surface area contributed by atoms with Crippen molar-refractivity contribution in [3.05, 3.63) is 41.0 Å². The molecule has 0 aliphatic heterocycles. The Morgan fingerprint density at radius 2 is 1.84 bits per heavy atom. The molecule has 0 aromatic rings. The van der Waals surface area contributed by atoms with E-state index in [-0.39, 0.29) is 0 Å². The molecule has 1 atom stereocenters. The van der Waals surface area contributed by atoms with Gasteiger partial charge in [0, 0.05) is 5.56 Å². The molecular weight excluding hydrogens is 260 g/mol. The van der Waals surface area contributed by atoms with Crippen molar-refractivity contribution in [1.29, 1.82) is 0 Å². The first-order valence-corrected chi connectivity index (χ1v) is 7.26. The summed E-state index contributed by atoms with van der Waals surface area (Å²) >= 11 is -2.30. The Morgan fingerprint density at radius 3 is 2.42 bits per heavy atom. The fraction of sp³-hybridized carbons (Fsp3) is 0.333. The van der Waals surface area contributed by atoms with Crippen LogP contribution in [0.15, 0.2) is 24.3 Å². The van der Waals surface area contributed by atoms with Gasteiger partial charge in [-0.3, -0.25) is 4.55 Å². The van der Waals surface area contributed by atoms with Gasteiger partial charge in [-0.25, -0.2) is 0 Å². The van der Waals surface area contributed by atoms with E-state index >= 15 is 0 Å². The average Bonchev–Trinajstić information content (AvgIpc) is 2.49. The Hall–Kier alpha value is -1.39. The molecule has 2 aliphatic rings. The number of aryl methyl sites for hydroxylation is 2. The first-order valence-electron chi connectivity index (χ1n) is 6.23. The molecule has 1 unspecified atom stereocenters. The van der Waals surface area contributed by atoms with Gasteiger partial charge in [-0.1, -0.05) is 32.0 Å². The fourth-order valence-electron chi connectivity index (χ4n) is 2.29. The van der Waals surface area contributed by atoms with E-state index in [4.69, 9.17) is 8.74 Å². The highest BCUT2D eigenvalue weighted by Crippen LogP contribution is 2.41. The van der Waals surface area contributed by atoms with E-state index in [1.807, 2.05) is 26.0 Å². The largest absolute Gasteiger partial charge is 0.379 e. The average molecular weight is 278 g/mol. The molecule has 0 heterocycles. The van der Waals surface area contributed by atoms with Crippen LogP contribution in [0.5, 0.6) is 5.75 Å². The predicted molar refractivity (Wildman–Crippen MR) is 78.0 cm³/mol. The second-order valence-corrected chi connectivity index (χ2v) is 5.70. The van der Waals surface area contributed by atoms with Gasteiger partial charge in [-0.2, -0.15) is 4.21 Å². The van der Waals surface area contributed by atoms with Crippen LogP contribution in [0.25, 0.3) is 11.1 Å². The van der Waals surface area contributed by atoms with Gasteiger partial charge in [0.25, 0.3) is 0 Å². The van der Waals surface area contributed by atoms with Crippen LogP contribution in [0.4, 0.5) is 0 Å². The Morgan fingerprint density at radius 1 is 1.16 bits per heavy atom. The van der Waals surface area contributed by atoms with Gasteiger partial charge < -0.3 is 4.18 Å². The van der Waals surface area contributed by atoms with Crippen molar-refractivity contribution < 1.29 is 12.9 Å². The molecule has 0 radical (unpaired) electrons. The van der Waals surface area contributed by atoms with Crippen LogP contribution in [0.1, 0.15) is 36.5 Å². The van der Waals surface area contributed by atoms with Crippen molar-refractivity contribution >= 4 is 11.4 Å². The molecule has 1 N–H and O–H groups in total. The predicted octanol–water partition coefficient (Wildman–Crippen LogP) is 4.05. The number of hydrogen-bond acceptors (Lipinski definition) is 2. The van der Waals surface area contributed by atoms with Gasteiger partial charge in [0.1, 0.15) is 0 Å². The number of rotatable bonds is 3. The lowest BCUT2D eigenvalue weighted by atomic mass is 10.0. The second kappa shape index (κ2) is 5.31. The van der Waals surface area contributed by atoms with Crippen molar-refractivity contribution in [2.24, 2.45) is 0 Å². The third kappa shape index (κ3) is 2.80. The van der Waals surface area contributed by atoms with Crippen LogP contribution in [0, 0.1) is 13.8 Å². The van der Waals surface area contributed by atoms with Crippen molar-refractivity contribution in [1.82, 2.24) is 0 Å². The summed E-state index contributed by atoms with van der Waals surface area (Å²) in [5, 5.41) is 0. The molecule has 0 aromatic heterocycles. The number of hydrogen-bond donors (Lipinski definition) is 1. The van der Waals surface area contributed by atoms with Gasteiger partial charge in [0.05, 0.1) is 0 Å². The lowest BCUT2D eigenvalue weighted by molar-refractivity contribution is 0.459. The van der Waals surface area contributed by atoms with Gasteiger partial charge >= 0.3 is 11.4 Å². The summed E-state index contributed by atoms with van der Waals surface area (Å²) in [7, 11) is 0. The summed E-state index contributed by atoms with van der Waals surface area (Å²) in [6.07, 6.45) is 0. The van der Waals surface area contributed by atoms with Gasteiger partial charge in [-0.05, 0) is 48.1 Å². The summed E-state index contributed by atoms with van der Waals surface area (Å²) < 4.78 is 24.8. The van der Waals surface area contributed by atoms with Crippen LogP contribution in [-0.4, -0.2) is 8.76 Å². The van der Waals surface area contributed by atoms with Crippen molar-refractivity contribution in [2.45, 2.75) is 33.6 Å². The summed E-state index contributed by atoms with van der Waals surface area (Å²) in [6.45, 7) is 8.27. The summed E-state index contributed by atoms with van der Waals surface area (Å²) in [6, 6.07) is 8.08. The monoisotopic (exact) mass is 278 g/mol. The lowest BCUT2D eigenvalue weighted by Crippen LogP contribution is -1.97. The molecule has 4 heteroatoms. The van der Waals surface area contributed by atoms with Gasteiger partial charge in [0.2, 0.25) is 0 Å². The van der Waals surface area contributed by atoms with Crippen molar-refractivity contribution in [2.75, 3.05) is 0 Å². The highest BCUT2D eigenvalue weighted by atomic mass is 32.2. The van der Waals surface area contributed by atoms with Crippen LogP contribution in [0.3, 0.4) is 0 Å². The minimum atomic E-state index is -2.30. The fourth-order valence-corrected chi connectivity index (χ4v) is 2.58. The normalized spacial score (nSPS) is 12.9. The standard InChI is InChI=1S/C15H18O3S/c1-9(2)12-6-5-10(3)15-13(8-12)11(4)7-14(15)18-19(16)17/h5-9H,1-4H3,(H,16,17). The highest BCUT2D eigenvalue weighted by Gasteiger charge is 2.18. The van der Waals surface area contributed by atoms with Crippen molar-refractivity contribution in [3.63, 3.8) is 0 Å². The minimum Gasteiger partial charge on any atom is -0.379 e. The second-order valence-electron chi connectivity index (χ2n) is 5.10. The summed E-state index contributed by atoms with van der Waals surface area (Å²) in [5.74, 6) is 0.900. The quantitative estimate of drug-likeness (QED) is 0.862. The van der Waals surface area contributed by atoms with Crippen LogP contribution < -0.4 is 4.18 Å². The minimum absolute atomic E-state index is 0.431. The van der Waals surface area contributed by atoms with E-state index in [0.29, 0.717) is 11.7 Å². The zero-order valence-electron chi connectivity index (χ0n) is 11.6. The van der Waals surface area contributed by atoms with Crippen molar-refractivity contribution in [3.8, 4) is 16.9 Å². The first-order chi connectivity index (χ1) is 8.90. The van der Waals surface area contributed by atoms with E-state index in [0.717, 1.165) is 22.3 Å². The van der Waals surface area contributed by atoms with E-state index in [9.17, 15) is 4.21 Å². The SMILES string of the molecule is Cc1cc(OS(=O)O)c2c(C)ccc(C(C)C)cc1-2. The highest BCUT2D eigenvalue weighted by molar-refractivity contribution is 7.74. The third-order valence-corrected chi connectivity index (χ3v) is 3.67. The molecule has 3 nitrogen and oxygen atoms in total. The third-order valence-electron chi connectivity index (χ3n) is 3.35. The van der Waals surface area contributed by atoms with E-state index in [1.165, 1.54) is 5.56 Å². The summed E-state index contributed by atoms with van der Waals surface area (Å²) in [4.78, 5) is 0. The first kappa shape index (κ1) is 14.0. The molecule has 0 aromatic carbocycles. The topological polar surface area (TPSA) is 46.5 Å². The smallest absolute Gasteiger partial charge is 0.357 e. The molecule has 102 valence electrons. The van der Waals surface area contributed by atoms with Crippen LogP contribution >= 0.6 is 0 Å². The maximum absolute atomic E-state index is 10.9. The molecule has 0 saturated carbocycles. The maximum atomic E-state index is 10.9. The zero-order valence-corrected chi connectivity index (χ0v) is 12.4. The molecule has 0 spiro atoms. The maximum Gasteiger partial charge on any atom is 0.357 e. The van der Waals surface area contributed by atoms with Gasteiger partial charge in [-0.15, -0.1) is 0 Å². The van der Waals surface area contributed by atoms with Crippen LogP contribution in [-0.2, 0) is 11.4 Å². The molecule has 0 amide bonds. The van der Waals surface area contributed by atoms with E-state index in [2.05, 4.69) is 26.0 Å². The molecular formula is C15H18O3S. The Balaban J connectivity index is 2.67. The lowest BCUT2D eigenvalue weighted by Gasteiger charge is -2.04. The van der Waals surface area contributed by atoms with E-state index in [1.54, 1.807) is 0 Å². The Bertz CT molecular complexity index is 605. The Labute approximate surface area is 116 Å². The molecule has 0 bridgehead atoms. The molecule has 19 heavy (non-hydrogen) atoms. The summed E-state index contributed by atoms with van der Waals surface area (Å²) in [5.41, 5.74) is 5.31.